The van der Waals surface area contributed by atoms with Crippen LogP contribution >= 0.6 is 11.6 Å². The van der Waals surface area contributed by atoms with Crippen molar-refractivity contribution in [2.24, 2.45) is 0 Å². The van der Waals surface area contributed by atoms with E-state index >= 15 is 0 Å². The molecule has 1 aliphatic heterocycles. The van der Waals surface area contributed by atoms with Crippen LogP contribution in [0.25, 0.3) is 0 Å². The van der Waals surface area contributed by atoms with Crippen LogP contribution in [0.3, 0.4) is 0 Å². The molecule has 0 radical (unpaired) electrons. The maximum atomic E-state index is 12.4. The van der Waals surface area contributed by atoms with Crippen molar-refractivity contribution in [3.63, 3.8) is 0 Å². The summed E-state index contributed by atoms with van der Waals surface area (Å²) in [4.78, 5) is 0.0750. The topological polar surface area (TPSA) is 55.4 Å². The first-order chi connectivity index (χ1) is 9.58. The van der Waals surface area contributed by atoms with Crippen LogP contribution in [0, 0.1) is 0 Å². The minimum atomic E-state index is -3.68. The average molecular weight is 310 g/mol. The summed E-state index contributed by atoms with van der Waals surface area (Å²) in [6, 6.07) is 13.3. The third kappa shape index (κ3) is 2.40. The van der Waals surface area contributed by atoms with Crippen molar-refractivity contribution < 1.29 is 13.2 Å². The quantitative estimate of drug-likeness (QED) is 0.948. The number of hydrogen-bond acceptors (Lipinski definition) is 3. The van der Waals surface area contributed by atoms with Crippen molar-refractivity contribution in [3.05, 3.63) is 59.1 Å². The van der Waals surface area contributed by atoms with E-state index in [0.29, 0.717) is 5.75 Å². The Morgan fingerprint density at radius 2 is 1.80 bits per heavy atom. The fraction of sp³-hybridized carbons (Fsp3) is 0.143. The molecule has 0 saturated carbocycles. The molecule has 0 aromatic heterocycles. The summed E-state index contributed by atoms with van der Waals surface area (Å²) in [5.41, 5.74) is 0.836. The van der Waals surface area contributed by atoms with Gasteiger partial charge in [-0.15, -0.1) is 0 Å². The van der Waals surface area contributed by atoms with Gasteiger partial charge in [-0.25, -0.2) is 13.1 Å². The highest BCUT2D eigenvalue weighted by atomic mass is 35.5. The Kier molecular flexibility index (Phi) is 3.41. The zero-order valence-electron chi connectivity index (χ0n) is 10.4. The van der Waals surface area contributed by atoms with Crippen molar-refractivity contribution in [1.82, 2.24) is 4.72 Å². The molecule has 20 heavy (non-hydrogen) atoms. The summed E-state index contributed by atoms with van der Waals surface area (Å²) in [6.45, 7) is 0.281. The van der Waals surface area contributed by atoms with Gasteiger partial charge >= 0.3 is 0 Å². The second-order valence-corrected chi connectivity index (χ2v) is 6.54. The average Bonchev–Trinajstić information content (AvgIpc) is 2.82. The number of ether oxygens (including phenoxy) is 1. The lowest BCUT2D eigenvalue weighted by Gasteiger charge is -2.13. The molecule has 0 bridgehead atoms. The third-order valence-corrected chi connectivity index (χ3v) is 5.09. The van der Waals surface area contributed by atoms with E-state index in [1.807, 2.05) is 24.3 Å². The molecular weight excluding hydrogens is 298 g/mol. The number of halogens is 1. The number of para-hydroxylation sites is 1. The zero-order chi connectivity index (χ0) is 14.2. The molecule has 0 spiro atoms. The normalized spacial score (nSPS) is 17.6. The van der Waals surface area contributed by atoms with Gasteiger partial charge in [-0.05, 0) is 18.2 Å². The second-order valence-electron chi connectivity index (χ2n) is 4.45. The molecule has 3 rings (SSSR count). The van der Waals surface area contributed by atoms with Gasteiger partial charge in [0.15, 0.2) is 0 Å². The molecule has 2 aromatic rings. The Hall–Kier alpha value is -1.56. The number of benzene rings is 2. The van der Waals surface area contributed by atoms with Crippen LogP contribution in [-0.4, -0.2) is 15.0 Å². The van der Waals surface area contributed by atoms with Gasteiger partial charge in [-0.3, -0.25) is 0 Å². The molecule has 1 aliphatic rings. The number of hydrogen-bond donors (Lipinski definition) is 1. The van der Waals surface area contributed by atoms with Gasteiger partial charge in [-0.1, -0.05) is 41.9 Å². The SMILES string of the molecule is O=S(=O)(NC1COc2ccccc21)c1ccccc1Cl. The van der Waals surface area contributed by atoms with Crippen LogP contribution in [0.2, 0.25) is 5.02 Å². The molecule has 104 valence electrons. The van der Waals surface area contributed by atoms with Crippen LogP contribution in [-0.2, 0) is 10.0 Å². The molecule has 4 nitrogen and oxygen atoms in total. The fourth-order valence-electron chi connectivity index (χ4n) is 2.17. The number of sulfonamides is 1. The second kappa shape index (κ2) is 5.09. The van der Waals surface area contributed by atoms with Crippen LogP contribution < -0.4 is 9.46 Å². The number of fused-ring (bicyclic) bond motifs is 1. The van der Waals surface area contributed by atoms with Crippen molar-refractivity contribution in [3.8, 4) is 5.75 Å². The molecule has 0 aliphatic carbocycles. The molecule has 1 heterocycles. The predicted molar refractivity (Wildman–Crippen MR) is 76.5 cm³/mol. The first-order valence-electron chi connectivity index (χ1n) is 6.06. The largest absolute Gasteiger partial charge is 0.491 e. The van der Waals surface area contributed by atoms with E-state index in [0.717, 1.165) is 5.56 Å². The number of rotatable bonds is 3. The van der Waals surface area contributed by atoms with Crippen LogP contribution in [0.15, 0.2) is 53.4 Å². The molecule has 1 N–H and O–H groups in total. The Labute approximate surface area is 122 Å². The lowest BCUT2D eigenvalue weighted by atomic mass is 10.1. The summed E-state index contributed by atoms with van der Waals surface area (Å²) >= 11 is 5.94. The van der Waals surface area contributed by atoms with Gasteiger partial charge in [0.2, 0.25) is 10.0 Å². The highest BCUT2D eigenvalue weighted by molar-refractivity contribution is 7.89. The molecular formula is C14H12ClNO3S. The molecule has 6 heteroatoms. The van der Waals surface area contributed by atoms with E-state index < -0.39 is 16.1 Å². The fourth-order valence-corrected chi connectivity index (χ4v) is 3.89. The van der Waals surface area contributed by atoms with E-state index in [1.54, 1.807) is 18.2 Å². The Morgan fingerprint density at radius 1 is 1.10 bits per heavy atom. The van der Waals surface area contributed by atoms with Gasteiger partial charge < -0.3 is 4.74 Å². The molecule has 2 aromatic carbocycles. The predicted octanol–water partition coefficient (Wildman–Crippen LogP) is 2.75. The highest BCUT2D eigenvalue weighted by Crippen LogP contribution is 2.33. The van der Waals surface area contributed by atoms with Crippen molar-refractivity contribution >= 4 is 21.6 Å². The van der Waals surface area contributed by atoms with Crippen molar-refractivity contribution in [2.75, 3.05) is 6.61 Å². The van der Waals surface area contributed by atoms with E-state index in [-0.39, 0.29) is 16.5 Å². The summed E-state index contributed by atoms with van der Waals surface area (Å²) in [5, 5.41) is 0.201. The smallest absolute Gasteiger partial charge is 0.242 e. The van der Waals surface area contributed by atoms with Crippen molar-refractivity contribution in [1.29, 1.82) is 0 Å². The standard InChI is InChI=1S/C14H12ClNO3S/c15-11-6-2-4-8-14(11)20(17,18)16-12-9-19-13-7-3-1-5-10(12)13/h1-8,12,16H,9H2. The first-order valence-corrected chi connectivity index (χ1v) is 7.92. The summed E-state index contributed by atoms with van der Waals surface area (Å²) in [5.74, 6) is 0.708. The van der Waals surface area contributed by atoms with Gasteiger partial charge in [0.1, 0.15) is 17.3 Å². The Bertz CT molecular complexity index is 746. The van der Waals surface area contributed by atoms with Crippen LogP contribution in [0.1, 0.15) is 11.6 Å². The molecule has 1 unspecified atom stereocenters. The van der Waals surface area contributed by atoms with Crippen LogP contribution in [0.4, 0.5) is 0 Å². The Morgan fingerprint density at radius 3 is 2.60 bits per heavy atom. The minimum Gasteiger partial charge on any atom is -0.491 e. The minimum absolute atomic E-state index is 0.0750. The van der Waals surface area contributed by atoms with E-state index in [2.05, 4.69) is 4.72 Å². The van der Waals surface area contributed by atoms with E-state index in [1.165, 1.54) is 6.07 Å². The highest BCUT2D eigenvalue weighted by Gasteiger charge is 2.29. The van der Waals surface area contributed by atoms with E-state index in [4.69, 9.17) is 16.3 Å². The maximum Gasteiger partial charge on any atom is 0.242 e. The van der Waals surface area contributed by atoms with Gasteiger partial charge in [0.05, 0.1) is 11.1 Å². The molecule has 0 amide bonds. The molecule has 0 fully saturated rings. The third-order valence-electron chi connectivity index (χ3n) is 3.12. The molecule has 0 saturated heterocycles. The number of nitrogens with one attached hydrogen (secondary N) is 1. The summed E-state index contributed by atoms with van der Waals surface area (Å²) in [6.07, 6.45) is 0. The Balaban J connectivity index is 1.91. The van der Waals surface area contributed by atoms with E-state index in [9.17, 15) is 8.42 Å². The molecule has 1 atom stereocenters. The lowest BCUT2D eigenvalue weighted by molar-refractivity contribution is 0.325. The van der Waals surface area contributed by atoms with Gasteiger partial charge in [0, 0.05) is 5.56 Å². The van der Waals surface area contributed by atoms with Gasteiger partial charge in [-0.2, -0.15) is 0 Å². The maximum absolute atomic E-state index is 12.4. The summed E-state index contributed by atoms with van der Waals surface area (Å²) in [7, 11) is -3.68. The lowest BCUT2D eigenvalue weighted by Crippen LogP contribution is -2.29. The van der Waals surface area contributed by atoms with Gasteiger partial charge in [0.25, 0.3) is 0 Å². The van der Waals surface area contributed by atoms with Crippen molar-refractivity contribution in [2.45, 2.75) is 10.9 Å². The first kappa shape index (κ1) is 13.4. The zero-order valence-corrected chi connectivity index (χ0v) is 12.0. The summed E-state index contributed by atoms with van der Waals surface area (Å²) < 4.78 is 32.8. The van der Waals surface area contributed by atoms with Crippen LogP contribution in [0.5, 0.6) is 5.75 Å². The monoisotopic (exact) mass is 309 g/mol.